The zero-order valence-electron chi connectivity index (χ0n) is 13.0. The molecule has 20 heavy (non-hydrogen) atoms. The van der Waals surface area contributed by atoms with Gasteiger partial charge in [-0.3, -0.25) is 0 Å². The van der Waals surface area contributed by atoms with Gasteiger partial charge in [0.1, 0.15) is 11.6 Å². The van der Waals surface area contributed by atoms with Gasteiger partial charge in [0, 0.05) is 31.2 Å². The van der Waals surface area contributed by atoms with Crippen LogP contribution in [0.1, 0.15) is 39.4 Å². The van der Waals surface area contributed by atoms with Crippen molar-refractivity contribution in [3.05, 3.63) is 11.9 Å². The smallest absolute Gasteiger partial charge is 0.218 e. The Labute approximate surface area is 121 Å². The van der Waals surface area contributed by atoms with E-state index in [2.05, 4.69) is 34.0 Å². The molecular weight excluding hydrogens is 252 g/mol. The number of aromatic nitrogens is 2. The number of anilines is 1. The summed E-state index contributed by atoms with van der Waals surface area (Å²) in [5.74, 6) is 2.44. The van der Waals surface area contributed by atoms with E-state index in [-0.39, 0.29) is 0 Å². The fourth-order valence-corrected chi connectivity index (χ4v) is 2.68. The normalized spacial score (nSPS) is 22.9. The van der Waals surface area contributed by atoms with Crippen LogP contribution in [0.3, 0.4) is 0 Å². The van der Waals surface area contributed by atoms with Crippen molar-refractivity contribution in [3.8, 4) is 5.88 Å². The Bertz CT molecular complexity index is 438. The topological polar surface area (TPSA) is 50.3 Å². The fourth-order valence-electron chi connectivity index (χ4n) is 2.68. The molecule has 0 bridgehead atoms. The SMILES string of the molecule is CCOc1cc(N2CC(CC)NCC2CC)nc(C)n1. The molecule has 1 aliphatic heterocycles. The average molecular weight is 278 g/mol. The van der Waals surface area contributed by atoms with Gasteiger partial charge in [-0.1, -0.05) is 13.8 Å². The Morgan fingerprint density at radius 3 is 2.75 bits per heavy atom. The van der Waals surface area contributed by atoms with E-state index in [4.69, 9.17) is 4.74 Å². The zero-order chi connectivity index (χ0) is 14.5. The highest BCUT2D eigenvalue weighted by atomic mass is 16.5. The Morgan fingerprint density at radius 1 is 1.30 bits per heavy atom. The quantitative estimate of drug-likeness (QED) is 0.894. The van der Waals surface area contributed by atoms with Crippen LogP contribution < -0.4 is 15.0 Å². The third kappa shape index (κ3) is 3.39. The number of piperazine rings is 1. The number of hydrogen-bond donors (Lipinski definition) is 1. The van der Waals surface area contributed by atoms with E-state index in [9.17, 15) is 0 Å². The van der Waals surface area contributed by atoms with Crippen LogP contribution in [0, 0.1) is 6.92 Å². The van der Waals surface area contributed by atoms with Crippen molar-refractivity contribution in [1.82, 2.24) is 15.3 Å². The van der Waals surface area contributed by atoms with Gasteiger partial charge in [-0.2, -0.15) is 4.98 Å². The number of hydrogen-bond acceptors (Lipinski definition) is 5. The molecule has 0 aliphatic carbocycles. The maximum absolute atomic E-state index is 5.55. The summed E-state index contributed by atoms with van der Waals surface area (Å²) in [6.45, 7) is 11.0. The minimum absolute atomic E-state index is 0.488. The molecule has 112 valence electrons. The lowest BCUT2D eigenvalue weighted by Crippen LogP contribution is -2.56. The highest BCUT2D eigenvalue weighted by Gasteiger charge is 2.27. The molecule has 1 N–H and O–H groups in total. The monoisotopic (exact) mass is 278 g/mol. The van der Waals surface area contributed by atoms with Crippen molar-refractivity contribution in [1.29, 1.82) is 0 Å². The second-order valence-electron chi connectivity index (χ2n) is 5.27. The number of aryl methyl sites for hydroxylation is 1. The molecule has 2 atom stereocenters. The lowest BCUT2D eigenvalue weighted by atomic mass is 10.1. The average Bonchev–Trinajstić information content (AvgIpc) is 2.46. The molecular formula is C15H26N4O. The third-order valence-electron chi connectivity index (χ3n) is 3.85. The van der Waals surface area contributed by atoms with Crippen LogP contribution in [0.4, 0.5) is 5.82 Å². The molecule has 2 rings (SSSR count). The van der Waals surface area contributed by atoms with E-state index >= 15 is 0 Å². The second kappa shape index (κ2) is 6.88. The molecule has 5 nitrogen and oxygen atoms in total. The molecule has 1 aromatic heterocycles. The first-order valence-electron chi connectivity index (χ1n) is 7.66. The van der Waals surface area contributed by atoms with Gasteiger partial charge in [0.25, 0.3) is 0 Å². The minimum atomic E-state index is 0.488. The van der Waals surface area contributed by atoms with Crippen LogP contribution in [-0.2, 0) is 0 Å². The highest BCUT2D eigenvalue weighted by Crippen LogP contribution is 2.23. The van der Waals surface area contributed by atoms with Crippen LogP contribution in [0.15, 0.2) is 6.07 Å². The summed E-state index contributed by atoms with van der Waals surface area (Å²) < 4.78 is 5.55. The summed E-state index contributed by atoms with van der Waals surface area (Å²) in [6, 6.07) is 2.99. The summed E-state index contributed by atoms with van der Waals surface area (Å²) in [4.78, 5) is 11.4. The van der Waals surface area contributed by atoms with Crippen molar-refractivity contribution in [2.75, 3.05) is 24.6 Å². The van der Waals surface area contributed by atoms with Crippen molar-refractivity contribution >= 4 is 5.82 Å². The van der Waals surface area contributed by atoms with E-state index in [1.54, 1.807) is 0 Å². The van der Waals surface area contributed by atoms with Crippen molar-refractivity contribution < 1.29 is 4.74 Å². The molecule has 0 amide bonds. The maximum Gasteiger partial charge on any atom is 0.218 e. The third-order valence-corrected chi connectivity index (χ3v) is 3.85. The minimum Gasteiger partial charge on any atom is -0.478 e. The van der Waals surface area contributed by atoms with E-state index in [1.165, 1.54) is 0 Å². The summed E-state index contributed by atoms with van der Waals surface area (Å²) >= 11 is 0. The highest BCUT2D eigenvalue weighted by molar-refractivity contribution is 5.44. The first-order chi connectivity index (χ1) is 9.67. The molecule has 5 heteroatoms. The number of ether oxygens (including phenoxy) is 1. The van der Waals surface area contributed by atoms with Gasteiger partial charge in [0.15, 0.2) is 0 Å². The van der Waals surface area contributed by atoms with E-state index in [1.807, 2.05) is 19.9 Å². The van der Waals surface area contributed by atoms with Crippen LogP contribution in [0.25, 0.3) is 0 Å². The lowest BCUT2D eigenvalue weighted by Gasteiger charge is -2.40. The van der Waals surface area contributed by atoms with Gasteiger partial charge in [-0.25, -0.2) is 4.98 Å². The first kappa shape index (κ1) is 15.0. The first-order valence-corrected chi connectivity index (χ1v) is 7.66. The van der Waals surface area contributed by atoms with Crippen LogP contribution in [0.5, 0.6) is 5.88 Å². The van der Waals surface area contributed by atoms with Gasteiger partial charge in [0.05, 0.1) is 6.61 Å². The van der Waals surface area contributed by atoms with Crippen molar-refractivity contribution in [3.63, 3.8) is 0 Å². The summed E-state index contributed by atoms with van der Waals surface area (Å²) in [5, 5.41) is 3.61. The fraction of sp³-hybridized carbons (Fsp3) is 0.733. The number of nitrogens with one attached hydrogen (secondary N) is 1. The number of rotatable bonds is 5. The Hall–Kier alpha value is -1.36. The Balaban J connectivity index is 2.26. The molecule has 1 fully saturated rings. The van der Waals surface area contributed by atoms with Gasteiger partial charge >= 0.3 is 0 Å². The van der Waals surface area contributed by atoms with Gasteiger partial charge in [-0.05, 0) is 26.7 Å². The molecule has 0 saturated carbocycles. The summed E-state index contributed by atoms with van der Waals surface area (Å²) in [7, 11) is 0. The second-order valence-corrected chi connectivity index (χ2v) is 5.27. The molecule has 0 radical (unpaired) electrons. The van der Waals surface area contributed by atoms with Gasteiger partial charge in [0.2, 0.25) is 5.88 Å². The standard InChI is InChI=1S/C15H26N4O/c1-5-12-10-19(13(6-2)9-16-12)14-8-15(20-7-3)18-11(4)17-14/h8,12-13,16H,5-7,9-10H2,1-4H3. The Kier molecular flexibility index (Phi) is 5.17. The van der Waals surface area contributed by atoms with Crippen molar-refractivity contribution in [2.24, 2.45) is 0 Å². The molecule has 2 unspecified atom stereocenters. The molecule has 2 heterocycles. The lowest BCUT2D eigenvalue weighted by molar-refractivity contribution is 0.324. The summed E-state index contributed by atoms with van der Waals surface area (Å²) in [6.07, 6.45) is 2.24. The molecule has 0 spiro atoms. The molecule has 1 aromatic rings. The van der Waals surface area contributed by atoms with Crippen LogP contribution in [0.2, 0.25) is 0 Å². The Morgan fingerprint density at radius 2 is 2.10 bits per heavy atom. The van der Waals surface area contributed by atoms with Gasteiger partial charge in [-0.15, -0.1) is 0 Å². The number of nitrogens with zero attached hydrogens (tertiary/aromatic N) is 3. The van der Waals surface area contributed by atoms with Crippen molar-refractivity contribution in [2.45, 2.75) is 52.6 Å². The van der Waals surface area contributed by atoms with Crippen LogP contribution in [-0.4, -0.2) is 41.7 Å². The van der Waals surface area contributed by atoms with E-state index < -0.39 is 0 Å². The van der Waals surface area contributed by atoms with Crippen LogP contribution >= 0.6 is 0 Å². The van der Waals surface area contributed by atoms with E-state index in [0.717, 1.165) is 37.6 Å². The molecule has 1 aliphatic rings. The predicted molar refractivity (Wildman–Crippen MR) is 81.4 cm³/mol. The van der Waals surface area contributed by atoms with E-state index in [0.29, 0.717) is 24.6 Å². The molecule has 1 saturated heterocycles. The maximum atomic E-state index is 5.55. The predicted octanol–water partition coefficient (Wildman–Crippen LogP) is 2.15. The zero-order valence-corrected chi connectivity index (χ0v) is 13.0. The molecule has 0 aromatic carbocycles. The summed E-state index contributed by atoms with van der Waals surface area (Å²) in [5.41, 5.74) is 0. The van der Waals surface area contributed by atoms with Gasteiger partial charge < -0.3 is 15.0 Å². The largest absolute Gasteiger partial charge is 0.478 e.